The molecule has 1 heterocycles. The third-order valence-electron chi connectivity index (χ3n) is 3.72. The molecule has 1 aromatic rings. The topological polar surface area (TPSA) is 47.0 Å². The van der Waals surface area contributed by atoms with Gasteiger partial charge in [0.25, 0.3) is 0 Å². The van der Waals surface area contributed by atoms with E-state index >= 15 is 0 Å². The first-order valence-electron chi connectivity index (χ1n) is 6.81. The summed E-state index contributed by atoms with van der Waals surface area (Å²) in [6, 6.07) is 1.84. The molecule has 0 atom stereocenters. The standard InChI is InChI=1S/C14H23N3O/c1-10-4-6-12(7-5-10)9-15-14-16-11(2)8-13(17-14)18-3/h8,10,12H,4-7,9H2,1-3H3,(H,15,16,17). The van der Waals surface area contributed by atoms with E-state index in [4.69, 9.17) is 4.74 Å². The number of anilines is 1. The van der Waals surface area contributed by atoms with Gasteiger partial charge in [0, 0.05) is 18.3 Å². The Morgan fingerprint density at radius 2 is 2.00 bits per heavy atom. The fourth-order valence-electron chi connectivity index (χ4n) is 2.49. The van der Waals surface area contributed by atoms with Crippen LogP contribution in [0.25, 0.3) is 0 Å². The third-order valence-corrected chi connectivity index (χ3v) is 3.72. The summed E-state index contributed by atoms with van der Waals surface area (Å²) >= 11 is 0. The van der Waals surface area contributed by atoms with Crippen molar-refractivity contribution in [2.45, 2.75) is 39.5 Å². The number of hydrogen-bond donors (Lipinski definition) is 1. The third kappa shape index (κ3) is 3.59. The van der Waals surface area contributed by atoms with Crippen molar-refractivity contribution in [3.63, 3.8) is 0 Å². The first kappa shape index (κ1) is 13.1. The van der Waals surface area contributed by atoms with Gasteiger partial charge < -0.3 is 10.1 Å². The van der Waals surface area contributed by atoms with Gasteiger partial charge in [-0.15, -0.1) is 0 Å². The Hall–Kier alpha value is -1.32. The first-order valence-corrected chi connectivity index (χ1v) is 6.81. The molecule has 0 aromatic carbocycles. The molecule has 1 aliphatic rings. The van der Waals surface area contributed by atoms with Crippen LogP contribution in [-0.4, -0.2) is 23.6 Å². The largest absolute Gasteiger partial charge is 0.481 e. The SMILES string of the molecule is COc1cc(C)nc(NCC2CCC(C)CC2)n1. The highest BCUT2D eigenvalue weighted by Crippen LogP contribution is 2.28. The normalized spacial score (nSPS) is 23.7. The first-order chi connectivity index (χ1) is 8.67. The van der Waals surface area contributed by atoms with Crippen LogP contribution < -0.4 is 10.1 Å². The predicted octanol–water partition coefficient (Wildman–Crippen LogP) is 3.03. The van der Waals surface area contributed by atoms with Gasteiger partial charge in [-0.05, 0) is 31.6 Å². The predicted molar refractivity (Wildman–Crippen MR) is 72.9 cm³/mol. The van der Waals surface area contributed by atoms with E-state index < -0.39 is 0 Å². The highest BCUT2D eigenvalue weighted by Gasteiger charge is 2.18. The van der Waals surface area contributed by atoms with Crippen molar-refractivity contribution in [3.05, 3.63) is 11.8 Å². The zero-order valence-corrected chi connectivity index (χ0v) is 11.6. The molecule has 18 heavy (non-hydrogen) atoms. The van der Waals surface area contributed by atoms with Gasteiger partial charge in [-0.25, -0.2) is 4.98 Å². The van der Waals surface area contributed by atoms with Crippen LogP contribution in [0.5, 0.6) is 5.88 Å². The van der Waals surface area contributed by atoms with E-state index in [9.17, 15) is 0 Å². The minimum absolute atomic E-state index is 0.627. The molecule has 100 valence electrons. The highest BCUT2D eigenvalue weighted by atomic mass is 16.5. The van der Waals surface area contributed by atoms with E-state index in [0.29, 0.717) is 11.8 Å². The maximum absolute atomic E-state index is 5.15. The Bertz CT molecular complexity index is 387. The Kier molecular flexibility index (Phi) is 4.39. The van der Waals surface area contributed by atoms with Gasteiger partial charge in [-0.2, -0.15) is 4.98 Å². The summed E-state index contributed by atoms with van der Waals surface area (Å²) in [5.41, 5.74) is 0.932. The minimum atomic E-state index is 0.627. The number of rotatable bonds is 4. The van der Waals surface area contributed by atoms with Crippen molar-refractivity contribution in [3.8, 4) is 5.88 Å². The molecule has 0 unspecified atom stereocenters. The van der Waals surface area contributed by atoms with Crippen molar-refractivity contribution in [2.75, 3.05) is 19.0 Å². The average molecular weight is 249 g/mol. The molecule has 0 aliphatic heterocycles. The van der Waals surface area contributed by atoms with Crippen LogP contribution >= 0.6 is 0 Å². The highest BCUT2D eigenvalue weighted by molar-refractivity contribution is 5.30. The summed E-state index contributed by atoms with van der Waals surface area (Å²) in [5, 5.41) is 3.34. The maximum atomic E-state index is 5.15. The second-order valence-electron chi connectivity index (χ2n) is 5.38. The van der Waals surface area contributed by atoms with Crippen LogP contribution in [0, 0.1) is 18.8 Å². The van der Waals surface area contributed by atoms with Gasteiger partial charge in [-0.1, -0.05) is 19.8 Å². The monoisotopic (exact) mass is 249 g/mol. The second-order valence-corrected chi connectivity index (χ2v) is 5.38. The van der Waals surface area contributed by atoms with Crippen molar-refractivity contribution < 1.29 is 4.74 Å². The number of ether oxygens (including phenoxy) is 1. The Labute approximate surface area is 109 Å². The molecule has 0 saturated heterocycles. The molecule has 1 aliphatic carbocycles. The summed E-state index contributed by atoms with van der Waals surface area (Å²) in [7, 11) is 1.63. The molecular formula is C14H23N3O. The van der Waals surface area contributed by atoms with Crippen LogP contribution in [0.2, 0.25) is 0 Å². The van der Waals surface area contributed by atoms with Crippen molar-refractivity contribution in [2.24, 2.45) is 11.8 Å². The number of aryl methyl sites for hydroxylation is 1. The fourth-order valence-corrected chi connectivity index (χ4v) is 2.49. The van der Waals surface area contributed by atoms with Crippen LogP contribution in [-0.2, 0) is 0 Å². The summed E-state index contributed by atoms with van der Waals surface area (Å²) < 4.78 is 5.15. The van der Waals surface area contributed by atoms with Crippen LogP contribution in [0.1, 0.15) is 38.3 Å². The number of methoxy groups -OCH3 is 1. The molecule has 2 rings (SSSR count). The van der Waals surface area contributed by atoms with E-state index in [1.165, 1.54) is 25.7 Å². The number of hydrogen-bond acceptors (Lipinski definition) is 4. The number of nitrogens with zero attached hydrogens (tertiary/aromatic N) is 2. The molecule has 1 aromatic heterocycles. The quantitative estimate of drug-likeness (QED) is 0.891. The van der Waals surface area contributed by atoms with E-state index in [0.717, 1.165) is 24.1 Å². The summed E-state index contributed by atoms with van der Waals surface area (Å²) in [4.78, 5) is 8.69. The van der Waals surface area contributed by atoms with E-state index in [1.807, 2.05) is 13.0 Å². The smallest absolute Gasteiger partial charge is 0.226 e. The van der Waals surface area contributed by atoms with E-state index in [2.05, 4.69) is 22.2 Å². The molecule has 1 N–H and O–H groups in total. The second kappa shape index (κ2) is 6.03. The van der Waals surface area contributed by atoms with Crippen LogP contribution in [0.4, 0.5) is 5.95 Å². The molecule has 0 amide bonds. The Balaban J connectivity index is 1.88. The Morgan fingerprint density at radius 1 is 1.28 bits per heavy atom. The molecule has 0 bridgehead atoms. The van der Waals surface area contributed by atoms with Crippen LogP contribution in [0.3, 0.4) is 0 Å². The number of nitrogens with one attached hydrogen (secondary N) is 1. The van der Waals surface area contributed by atoms with Gasteiger partial charge >= 0.3 is 0 Å². The Morgan fingerprint density at radius 3 is 2.67 bits per heavy atom. The van der Waals surface area contributed by atoms with E-state index in [-0.39, 0.29) is 0 Å². The lowest BCUT2D eigenvalue weighted by Crippen LogP contribution is -2.21. The molecule has 0 radical (unpaired) electrons. The van der Waals surface area contributed by atoms with Crippen molar-refractivity contribution in [1.29, 1.82) is 0 Å². The minimum Gasteiger partial charge on any atom is -0.481 e. The lowest BCUT2D eigenvalue weighted by molar-refractivity contribution is 0.300. The molecule has 4 nitrogen and oxygen atoms in total. The molecule has 1 fully saturated rings. The maximum Gasteiger partial charge on any atom is 0.226 e. The molecule has 1 saturated carbocycles. The molecule has 0 spiro atoms. The summed E-state index contributed by atoms with van der Waals surface area (Å²) in [6.45, 7) is 5.27. The lowest BCUT2D eigenvalue weighted by Gasteiger charge is -2.26. The van der Waals surface area contributed by atoms with Gasteiger partial charge in [0.1, 0.15) is 0 Å². The molecule has 4 heteroatoms. The molecular weight excluding hydrogens is 226 g/mol. The van der Waals surface area contributed by atoms with Crippen molar-refractivity contribution >= 4 is 5.95 Å². The van der Waals surface area contributed by atoms with Gasteiger partial charge in [-0.3, -0.25) is 0 Å². The van der Waals surface area contributed by atoms with Gasteiger partial charge in [0.05, 0.1) is 7.11 Å². The summed E-state index contributed by atoms with van der Waals surface area (Å²) in [5.74, 6) is 2.97. The fraction of sp³-hybridized carbons (Fsp3) is 0.714. The zero-order valence-electron chi connectivity index (χ0n) is 11.6. The lowest BCUT2D eigenvalue weighted by atomic mass is 9.83. The van der Waals surface area contributed by atoms with E-state index in [1.54, 1.807) is 7.11 Å². The summed E-state index contributed by atoms with van der Waals surface area (Å²) in [6.07, 6.45) is 5.34. The van der Waals surface area contributed by atoms with Gasteiger partial charge in [0.2, 0.25) is 11.8 Å². The van der Waals surface area contributed by atoms with Crippen molar-refractivity contribution in [1.82, 2.24) is 9.97 Å². The number of aromatic nitrogens is 2. The zero-order chi connectivity index (χ0) is 13.0. The van der Waals surface area contributed by atoms with Crippen LogP contribution in [0.15, 0.2) is 6.07 Å². The average Bonchev–Trinajstić information content (AvgIpc) is 2.37. The van der Waals surface area contributed by atoms with Gasteiger partial charge in [0.15, 0.2) is 0 Å².